The van der Waals surface area contributed by atoms with Crippen molar-refractivity contribution in [2.75, 3.05) is 36.9 Å². The summed E-state index contributed by atoms with van der Waals surface area (Å²) in [5.41, 5.74) is 7.57. The van der Waals surface area contributed by atoms with Crippen molar-refractivity contribution >= 4 is 11.5 Å². The lowest BCUT2D eigenvalue weighted by molar-refractivity contribution is 0.236. The molecule has 2 heterocycles. The molecular weight excluding hydrogens is 352 g/mol. The first-order chi connectivity index (χ1) is 13.6. The summed E-state index contributed by atoms with van der Waals surface area (Å²) < 4.78 is 1.67. The normalized spacial score (nSPS) is 15.0. The minimum absolute atomic E-state index is 0.0145. The van der Waals surface area contributed by atoms with Crippen LogP contribution in [0.25, 0.3) is 0 Å². The third kappa shape index (κ3) is 4.35. The van der Waals surface area contributed by atoms with Gasteiger partial charge in [0.25, 0.3) is 5.56 Å². The Morgan fingerprint density at radius 2 is 1.89 bits per heavy atom. The molecule has 0 saturated carbocycles. The standard InChI is InChI=1S/C19H28N6O.C2H2/c1-4-25(13-12-20)19-22-17-16(24(19)3)18(26)23(2)15(21-17)11-10-14-8-6-5-7-9-14;1-2/h5-9,19,22H,4,10-13,20H2,1-3H3;1-2H. The Labute approximate surface area is 167 Å². The van der Waals surface area contributed by atoms with Crippen molar-refractivity contribution < 1.29 is 0 Å². The van der Waals surface area contributed by atoms with Crippen LogP contribution in [0.15, 0.2) is 35.1 Å². The molecule has 2 aromatic rings. The summed E-state index contributed by atoms with van der Waals surface area (Å²) in [6, 6.07) is 10.3. The molecule has 7 heteroatoms. The molecule has 1 aromatic carbocycles. The number of benzene rings is 1. The number of likely N-dealkylation sites (N-methyl/N-ethyl adjacent to an activating group) is 1. The van der Waals surface area contributed by atoms with Crippen LogP contribution in [-0.2, 0) is 19.9 Å². The van der Waals surface area contributed by atoms with Crippen molar-refractivity contribution in [2.24, 2.45) is 12.8 Å². The highest BCUT2D eigenvalue weighted by molar-refractivity contribution is 5.70. The van der Waals surface area contributed by atoms with Crippen LogP contribution in [-0.4, -0.2) is 47.4 Å². The highest BCUT2D eigenvalue weighted by atomic mass is 16.1. The zero-order chi connectivity index (χ0) is 20.7. The molecule has 1 unspecified atom stereocenters. The predicted octanol–water partition coefficient (Wildman–Crippen LogP) is 1.24. The summed E-state index contributed by atoms with van der Waals surface area (Å²) in [5.74, 6) is 1.46. The fourth-order valence-corrected chi connectivity index (χ4v) is 3.47. The van der Waals surface area contributed by atoms with Gasteiger partial charge in [-0.1, -0.05) is 37.3 Å². The Hall–Kier alpha value is -2.82. The van der Waals surface area contributed by atoms with Crippen LogP contribution in [0.2, 0.25) is 0 Å². The van der Waals surface area contributed by atoms with E-state index in [1.54, 1.807) is 11.6 Å². The van der Waals surface area contributed by atoms with E-state index in [-0.39, 0.29) is 11.8 Å². The van der Waals surface area contributed by atoms with Gasteiger partial charge in [-0.2, -0.15) is 0 Å². The molecule has 0 amide bonds. The summed E-state index contributed by atoms with van der Waals surface area (Å²) in [7, 11) is 3.73. The average molecular weight is 383 g/mol. The zero-order valence-corrected chi connectivity index (χ0v) is 16.9. The Balaban J connectivity index is 0.00000136. The number of hydrogen-bond donors (Lipinski definition) is 2. The Kier molecular flexibility index (Phi) is 7.61. The molecule has 0 bridgehead atoms. The molecule has 150 valence electrons. The predicted molar refractivity (Wildman–Crippen MR) is 115 cm³/mol. The molecule has 0 spiro atoms. The maximum Gasteiger partial charge on any atom is 0.279 e. The third-order valence-electron chi connectivity index (χ3n) is 4.99. The van der Waals surface area contributed by atoms with Gasteiger partial charge in [-0.3, -0.25) is 14.3 Å². The number of fused-ring (bicyclic) bond motifs is 1. The number of terminal acetylenes is 1. The van der Waals surface area contributed by atoms with Crippen molar-refractivity contribution in [3.05, 3.63) is 52.1 Å². The molecule has 0 fully saturated rings. The highest BCUT2D eigenvalue weighted by Crippen LogP contribution is 2.29. The maximum absolute atomic E-state index is 12.9. The summed E-state index contributed by atoms with van der Waals surface area (Å²) in [6.45, 7) is 4.26. The largest absolute Gasteiger partial charge is 0.335 e. The van der Waals surface area contributed by atoms with E-state index in [0.717, 1.165) is 31.8 Å². The Morgan fingerprint density at radius 3 is 2.50 bits per heavy atom. The molecule has 0 radical (unpaired) electrons. The van der Waals surface area contributed by atoms with Crippen LogP contribution in [0.4, 0.5) is 11.5 Å². The number of hydrogen-bond acceptors (Lipinski definition) is 6. The van der Waals surface area contributed by atoms with Crippen LogP contribution >= 0.6 is 0 Å². The molecule has 0 saturated heterocycles. The Morgan fingerprint density at radius 1 is 1.21 bits per heavy atom. The van der Waals surface area contributed by atoms with E-state index in [9.17, 15) is 4.79 Å². The van der Waals surface area contributed by atoms with E-state index in [4.69, 9.17) is 10.7 Å². The maximum atomic E-state index is 12.9. The number of rotatable bonds is 7. The quantitative estimate of drug-likeness (QED) is 0.702. The van der Waals surface area contributed by atoms with Gasteiger partial charge in [0.05, 0.1) is 0 Å². The van der Waals surface area contributed by atoms with E-state index >= 15 is 0 Å². The molecule has 1 atom stereocenters. The van der Waals surface area contributed by atoms with Crippen molar-refractivity contribution in [1.29, 1.82) is 0 Å². The molecule has 3 N–H and O–H groups in total. The smallest absolute Gasteiger partial charge is 0.279 e. The first-order valence-electron chi connectivity index (χ1n) is 9.47. The molecule has 1 aliphatic heterocycles. The van der Waals surface area contributed by atoms with Crippen molar-refractivity contribution in [2.45, 2.75) is 26.1 Å². The second-order valence-corrected chi connectivity index (χ2v) is 6.62. The van der Waals surface area contributed by atoms with Gasteiger partial charge >= 0.3 is 0 Å². The molecule has 1 aliphatic rings. The number of anilines is 2. The topological polar surface area (TPSA) is 79.4 Å². The highest BCUT2D eigenvalue weighted by Gasteiger charge is 2.34. The van der Waals surface area contributed by atoms with Gasteiger partial charge < -0.3 is 16.0 Å². The summed E-state index contributed by atoms with van der Waals surface area (Å²) in [6.07, 6.45) is 9.48. The van der Waals surface area contributed by atoms with Crippen molar-refractivity contribution in [3.63, 3.8) is 0 Å². The van der Waals surface area contributed by atoms with Gasteiger partial charge in [0.2, 0.25) is 0 Å². The van der Waals surface area contributed by atoms with Crippen LogP contribution < -0.4 is 21.5 Å². The van der Waals surface area contributed by atoms with E-state index in [0.29, 0.717) is 18.1 Å². The summed E-state index contributed by atoms with van der Waals surface area (Å²) >= 11 is 0. The van der Waals surface area contributed by atoms with Crippen LogP contribution in [0.1, 0.15) is 18.3 Å². The lowest BCUT2D eigenvalue weighted by Gasteiger charge is -2.32. The minimum Gasteiger partial charge on any atom is -0.335 e. The number of nitrogens with one attached hydrogen (secondary N) is 1. The number of aromatic nitrogens is 2. The average Bonchev–Trinajstić information content (AvgIpc) is 3.06. The van der Waals surface area contributed by atoms with Crippen molar-refractivity contribution in [3.8, 4) is 12.8 Å². The third-order valence-corrected chi connectivity index (χ3v) is 4.99. The Bertz CT molecular complexity index is 845. The van der Waals surface area contributed by atoms with Gasteiger partial charge in [-0.05, 0) is 18.5 Å². The van der Waals surface area contributed by atoms with Gasteiger partial charge in [0.15, 0.2) is 12.1 Å². The lowest BCUT2D eigenvalue weighted by atomic mass is 10.1. The first kappa shape index (κ1) is 21.5. The zero-order valence-electron chi connectivity index (χ0n) is 16.9. The van der Waals surface area contributed by atoms with Gasteiger partial charge in [0.1, 0.15) is 11.5 Å². The number of nitrogens with two attached hydrogens (primary N) is 1. The fourth-order valence-electron chi connectivity index (χ4n) is 3.47. The number of aryl methyl sites for hydroxylation is 2. The van der Waals surface area contributed by atoms with Crippen molar-refractivity contribution in [1.82, 2.24) is 14.5 Å². The van der Waals surface area contributed by atoms with E-state index < -0.39 is 0 Å². The monoisotopic (exact) mass is 382 g/mol. The van der Waals surface area contributed by atoms with E-state index in [1.807, 2.05) is 30.1 Å². The second kappa shape index (κ2) is 9.93. The minimum atomic E-state index is -0.0943. The fraction of sp³-hybridized carbons (Fsp3) is 0.429. The van der Waals surface area contributed by atoms with E-state index in [2.05, 4.69) is 42.1 Å². The second-order valence-electron chi connectivity index (χ2n) is 6.62. The van der Waals surface area contributed by atoms with Crippen LogP contribution in [0, 0.1) is 12.8 Å². The molecule has 28 heavy (non-hydrogen) atoms. The summed E-state index contributed by atoms with van der Waals surface area (Å²) in [5, 5.41) is 3.40. The summed E-state index contributed by atoms with van der Waals surface area (Å²) in [4.78, 5) is 21.8. The van der Waals surface area contributed by atoms with Gasteiger partial charge in [-0.15, -0.1) is 12.8 Å². The molecular formula is C21H30N6O. The van der Waals surface area contributed by atoms with Crippen LogP contribution in [0.5, 0.6) is 0 Å². The lowest BCUT2D eigenvalue weighted by Crippen LogP contribution is -2.50. The first-order valence-corrected chi connectivity index (χ1v) is 9.47. The van der Waals surface area contributed by atoms with Crippen LogP contribution in [0.3, 0.4) is 0 Å². The molecule has 1 aromatic heterocycles. The van der Waals surface area contributed by atoms with Gasteiger partial charge in [-0.25, -0.2) is 4.98 Å². The molecule has 7 nitrogen and oxygen atoms in total. The molecule has 3 rings (SSSR count). The number of nitrogens with zero attached hydrogens (tertiary/aromatic N) is 4. The van der Waals surface area contributed by atoms with Gasteiger partial charge in [0, 0.05) is 33.6 Å². The van der Waals surface area contributed by atoms with E-state index in [1.165, 1.54) is 5.56 Å². The molecule has 0 aliphatic carbocycles. The SMILES string of the molecule is C#C.CCN(CCN)C1Nc2nc(CCc3ccccc3)n(C)c(=O)c2N1C.